The van der Waals surface area contributed by atoms with Crippen molar-refractivity contribution in [2.75, 3.05) is 0 Å². The van der Waals surface area contributed by atoms with Crippen molar-refractivity contribution in [2.24, 2.45) is 0 Å². The molecular weight excluding hydrogens is 1040 g/mol. The first-order valence-electron chi connectivity index (χ1n) is 29.7. The van der Waals surface area contributed by atoms with Gasteiger partial charge in [0.2, 0.25) is 0 Å². The first-order chi connectivity index (χ1) is 42.7. The average Bonchev–Trinajstić information content (AvgIpc) is 1.55. The normalized spacial score (nSPS) is 13.2. The van der Waals surface area contributed by atoms with E-state index in [1.807, 2.05) is 36.9 Å². The standard InChI is InChI=1S/C80H56N6/c1-6-24-53(25-7-1)60-34-20-36-62(68-38-16-18-46-81-68)74(60)58-42-44-70-66(50-58)77-72(40-22-48-83-77)85(70)79-64(55-28-10-3-11-29-55)52-65(56-30-12-4-13-31-56)80(76(79)57-32-14-5-15-33-57)86-71-45-43-59(51-67(71)78-73(86)41-23-49-84-78)75-61(54-26-8-2-9-27-54)35-21-37-63(75)69-39-17-19-47-82-69/h1-3,5-10,12,14-28,30-52H,4,11,13,29H2. The summed E-state index contributed by atoms with van der Waals surface area (Å²) in [5, 5.41) is 2.12. The Morgan fingerprint density at radius 1 is 0.326 bits per heavy atom. The van der Waals surface area contributed by atoms with Gasteiger partial charge in [0.25, 0.3) is 0 Å². The first kappa shape index (κ1) is 50.6. The molecule has 0 radical (unpaired) electrons. The molecule has 6 heteroatoms. The van der Waals surface area contributed by atoms with Gasteiger partial charge in [0.15, 0.2) is 0 Å². The lowest BCUT2D eigenvalue weighted by Crippen LogP contribution is -2.11. The van der Waals surface area contributed by atoms with Gasteiger partial charge in [-0.25, -0.2) is 0 Å². The van der Waals surface area contributed by atoms with E-state index in [9.17, 15) is 0 Å². The van der Waals surface area contributed by atoms with Crippen molar-refractivity contribution < 1.29 is 0 Å². The smallest absolute Gasteiger partial charge is 0.0963 e. The van der Waals surface area contributed by atoms with Crippen LogP contribution in [0, 0.1) is 0 Å². The molecule has 0 N–H and O–H groups in total. The topological polar surface area (TPSA) is 61.4 Å². The minimum atomic E-state index is 0.893. The van der Waals surface area contributed by atoms with E-state index in [1.165, 1.54) is 16.7 Å². The molecule has 0 amide bonds. The summed E-state index contributed by atoms with van der Waals surface area (Å²) >= 11 is 0. The van der Waals surface area contributed by atoms with Gasteiger partial charge in [-0.05, 0) is 166 Å². The monoisotopic (exact) mass is 1100 g/mol. The Morgan fingerprint density at radius 3 is 1.34 bits per heavy atom. The van der Waals surface area contributed by atoms with E-state index in [0.717, 1.165) is 165 Å². The largest absolute Gasteiger partial charge is 0.306 e. The lowest BCUT2D eigenvalue weighted by Gasteiger charge is -2.28. The molecule has 8 aromatic carbocycles. The highest BCUT2D eigenvalue weighted by atomic mass is 15.0. The van der Waals surface area contributed by atoms with E-state index in [-0.39, 0.29) is 0 Å². The quantitative estimate of drug-likeness (QED) is 0.129. The Balaban J connectivity index is 1.02. The maximum absolute atomic E-state index is 5.33. The molecule has 86 heavy (non-hydrogen) atoms. The van der Waals surface area contributed by atoms with Crippen LogP contribution in [0.25, 0.3) is 145 Å². The number of pyridine rings is 4. The molecule has 2 aliphatic carbocycles. The van der Waals surface area contributed by atoms with Crippen LogP contribution in [0.5, 0.6) is 0 Å². The lowest BCUT2D eigenvalue weighted by atomic mass is 9.85. The summed E-state index contributed by atoms with van der Waals surface area (Å²) in [5.74, 6) is 0. The number of aromatic nitrogens is 6. The first-order valence-corrected chi connectivity index (χ1v) is 29.7. The van der Waals surface area contributed by atoms with Gasteiger partial charge in [-0.3, -0.25) is 19.9 Å². The Labute approximate surface area is 499 Å². The lowest BCUT2D eigenvalue weighted by molar-refractivity contribution is 1.03. The fourth-order valence-electron chi connectivity index (χ4n) is 13.5. The molecule has 0 fully saturated rings. The van der Waals surface area contributed by atoms with E-state index in [0.29, 0.717) is 0 Å². The molecule has 0 saturated carbocycles. The number of hydrogen-bond donors (Lipinski definition) is 0. The second-order valence-electron chi connectivity index (χ2n) is 22.2. The van der Waals surface area contributed by atoms with Crippen molar-refractivity contribution in [3.8, 4) is 89.5 Å². The summed E-state index contributed by atoms with van der Waals surface area (Å²) in [6.07, 6.45) is 25.4. The highest BCUT2D eigenvalue weighted by Crippen LogP contribution is 2.51. The molecule has 0 atom stereocenters. The van der Waals surface area contributed by atoms with Crippen LogP contribution in [0.2, 0.25) is 0 Å². The minimum absolute atomic E-state index is 0.893. The minimum Gasteiger partial charge on any atom is -0.306 e. The van der Waals surface area contributed by atoms with Gasteiger partial charge in [-0.1, -0.05) is 188 Å². The highest BCUT2D eigenvalue weighted by molar-refractivity contribution is 6.14. The van der Waals surface area contributed by atoms with Crippen molar-refractivity contribution in [2.45, 2.75) is 25.7 Å². The molecule has 2 aliphatic rings. The van der Waals surface area contributed by atoms with Crippen molar-refractivity contribution in [1.82, 2.24) is 29.1 Å². The molecule has 16 rings (SSSR count). The third-order valence-corrected chi connectivity index (χ3v) is 17.2. The van der Waals surface area contributed by atoms with Gasteiger partial charge in [0.1, 0.15) is 0 Å². The zero-order chi connectivity index (χ0) is 56.9. The predicted octanol–water partition coefficient (Wildman–Crippen LogP) is 20.6. The molecule has 0 aliphatic heterocycles. The molecule has 6 heterocycles. The van der Waals surface area contributed by atoms with Gasteiger partial charge in [-0.15, -0.1) is 0 Å². The molecule has 6 nitrogen and oxygen atoms in total. The van der Waals surface area contributed by atoms with Crippen LogP contribution in [0.15, 0.2) is 292 Å². The molecular formula is C80H56N6. The SMILES string of the molecule is C1=CCCC(c2cc(C3=CCCC=C3)c(-n3c4ccc(-c5c(-c6ccccc6)cccc5-c5ccccn5)cc4c4ncccc43)c(-c3ccccc3)c2-n2c3ccc(-c4c(-c5ccccc5)cccc4-c4ccccn4)cc3c3ncccc32)=C1. The summed E-state index contributed by atoms with van der Waals surface area (Å²) in [4.78, 5) is 20.5. The van der Waals surface area contributed by atoms with Crippen molar-refractivity contribution in [1.29, 1.82) is 0 Å². The molecule has 0 unspecified atom stereocenters. The van der Waals surface area contributed by atoms with Crippen LogP contribution >= 0.6 is 0 Å². The summed E-state index contributed by atoms with van der Waals surface area (Å²) in [7, 11) is 0. The molecule has 406 valence electrons. The van der Waals surface area contributed by atoms with Gasteiger partial charge in [-0.2, -0.15) is 0 Å². The maximum atomic E-state index is 5.33. The number of benzene rings is 8. The fourth-order valence-corrected chi connectivity index (χ4v) is 13.5. The average molecular weight is 1100 g/mol. The maximum Gasteiger partial charge on any atom is 0.0963 e. The predicted molar refractivity (Wildman–Crippen MR) is 357 cm³/mol. The molecule has 14 aromatic rings. The summed E-state index contributed by atoms with van der Waals surface area (Å²) in [6, 6.07) is 83.3. The number of rotatable bonds is 11. The zero-order valence-electron chi connectivity index (χ0n) is 47.2. The van der Waals surface area contributed by atoms with Gasteiger partial charge in [0.05, 0.1) is 55.9 Å². The van der Waals surface area contributed by atoms with E-state index in [1.54, 1.807) is 0 Å². The molecule has 6 aromatic heterocycles. The van der Waals surface area contributed by atoms with Crippen LogP contribution in [0.3, 0.4) is 0 Å². The summed E-state index contributed by atoms with van der Waals surface area (Å²) in [6.45, 7) is 0. The van der Waals surface area contributed by atoms with Gasteiger partial charge >= 0.3 is 0 Å². The van der Waals surface area contributed by atoms with Crippen molar-refractivity contribution in [3.05, 3.63) is 303 Å². The third-order valence-electron chi connectivity index (χ3n) is 17.2. The third kappa shape index (κ3) is 8.64. The van der Waals surface area contributed by atoms with E-state index in [2.05, 4.69) is 264 Å². The highest BCUT2D eigenvalue weighted by Gasteiger charge is 2.31. The Morgan fingerprint density at radius 2 is 0.837 bits per heavy atom. The number of fused-ring (bicyclic) bond motifs is 6. The van der Waals surface area contributed by atoms with Crippen LogP contribution in [-0.2, 0) is 0 Å². The molecule has 0 bridgehead atoms. The van der Waals surface area contributed by atoms with E-state index < -0.39 is 0 Å². The van der Waals surface area contributed by atoms with Crippen LogP contribution in [-0.4, -0.2) is 29.1 Å². The molecule has 0 saturated heterocycles. The Bertz CT molecular complexity index is 4950. The van der Waals surface area contributed by atoms with Crippen LogP contribution in [0.1, 0.15) is 36.8 Å². The zero-order valence-corrected chi connectivity index (χ0v) is 47.2. The van der Waals surface area contributed by atoms with Crippen molar-refractivity contribution in [3.63, 3.8) is 0 Å². The number of hydrogen-bond acceptors (Lipinski definition) is 4. The number of nitrogens with zero attached hydrogens (tertiary/aromatic N) is 6. The second-order valence-corrected chi connectivity index (χ2v) is 22.2. The van der Waals surface area contributed by atoms with Crippen molar-refractivity contribution >= 4 is 55.0 Å². The van der Waals surface area contributed by atoms with Gasteiger partial charge < -0.3 is 9.13 Å². The van der Waals surface area contributed by atoms with Crippen LogP contribution < -0.4 is 0 Å². The Kier molecular flexibility index (Phi) is 12.7. The second kappa shape index (κ2) is 21.6. The van der Waals surface area contributed by atoms with E-state index in [4.69, 9.17) is 19.9 Å². The fraction of sp³-hybridized carbons (Fsp3) is 0.0500. The summed E-state index contributed by atoms with van der Waals surface area (Å²) < 4.78 is 5.06. The van der Waals surface area contributed by atoms with Gasteiger partial charge in [0, 0.05) is 63.4 Å². The molecule has 0 spiro atoms. The summed E-state index contributed by atoms with van der Waals surface area (Å²) in [5.41, 5.74) is 28.3. The van der Waals surface area contributed by atoms with E-state index >= 15 is 0 Å². The van der Waals surface area contributed by atoms with Crippen LogP contribution in [0.4, 0.5) is 0 Å². The number of allylic oxidation sites excluding steroid dienone is 8. The Hall–Kier alpha value is -11.1.